The molecule has 0 N–H and O–H groups in total. The molecule has 0 aliphatic carbocycles. The Hall–Kier alpha value is -2.48. The third-order valence-electron chi connectivity index (χ3n) is 9.49. The zero-order valence-corrected chi connectivity index (χ0v) is 32.5. The van der Waals surface area contributed by atoms with Crippen LogP contribution in [0.4, 0.5) is 0 Å². The van der Waals surface area contributed by atoms with E-state index in [4.69, 9.17) is 65.2 Å². The second-order valence-corrected chi connectivity index (χ2v) is 13.4. The number of nitroso groups, excluding NO2 is 1. The van der Waals surface area contributed by atoms with E-state index in [2.05, 4.69) is 73.6 Å². The van der Waals surface area contributed by atoms with Gasteiger partial charge >= 0.3 is 17.1 Å². The molecule has 11 heteroatoms. The Bertz CT molecular complexity index is 1730. The van der Waals surface area contributed by atoms with Crippen LogP contribution < -0.4 is 15.6 Å². The first-order valence-corrected chi connectivity index (χ1v) is 17.9. The number of aryl methyl sites for hydroxylation is 2. The maximum absolute atomic E-state index is 14.1. The second-order valence-electron chi connectivity index (χ2n) is 11.5. The standard InChI is InChI=1S/C36H45N4O.CHCl3.Fe.NO/c1-9-21-22(10-2)28-18-30-25(13-5)26(14-6)32(39-30)20-34-36(15-7,16-8)35(41)33(40-34)19-31-24(12-4)23(11-3)29(38-31)17-27(21)37-28;2-1(3)4;;1-2/h17-20H,9-16H2,1-8H3,(H-,37,38,39,40,41);1H;;/q-1;;+2;/p-1. The van der Waals surface area contributed by atoms with E-state index in [0.29, 0.717) is 18.5 Å². The molecule has 3 aliphatic rings. The number of halogens is 3. The number of aromatic nitrogens is 4. The summed E-state index contributed by atoms with van der Waals surface area (Å²) >= 11 is 14.4. The maximum Gasteiger partial charge on any atom is 2.00 e. The smallest absolute Gasteiger partial charge is 0.657 e. The van der Waals surface area contributed by atoms with E-state index in [-0.39, 0.29) is 22.9 Å². The van der Waals surface area contributed by atoms with Gasteiger partial charge in [0.25, 0.3) is 0 Å². The third kappa shape index (κ3) is 7.94. The van der Waals surface area contributed by atoms with Crippen LogP contribution in [0.1, 0.15) is 144 Å². The summed E-state index contributed by atoms with van der Waals surface area (Å²) in [5.74, 6) is 0.0987. The van der Waals surface area contributed by atoms with E-state index in [9.17, 15) is 4.79 Å². The van der Waals surface area contributed by atoms with Gasteiger partial charge in [0.1, 0.15) is 11.4 Å². The number of fused-ring (bicyclic) bond motifs is 8. The maximum atomic E-state index is 14.1. The van der Waals surface area contributed by atoms with Crippen LogP contribution in [-0.4, -0.2) is 20.0 Å². The minimum Gasteiger partial charge on any atom is -0.657 e. The van der Waals surface area contributed by atoms with Crippen LogP contribution in [0.2, 0.25) is 0 Å². The molecule has 0 saturated heterocycles. The van der Waals surface area contributed by atoms with Crippen molar-refractivity contribution in [1.82, 2.24) is 25.5 Å². The molecule has 48 heavy (non-hydrogen) atoms. The minimum atomic E-state index is -0.750. The Morgan fingerprint density at radius 3 is 1.31 bits per heavy atom. The van der Waals surface area contributed by atoms with E-state index in [1.165, 1.54) is 33.4 Å². The predicted octanol–water partition coefficient (Wildman–Crippen LogP) is 10.4. The molecule has 0 unspecified atom stereocenters. The summed E-state index contributed by atoms with van der Waals surface area (Å²) < 4.78 is -0.750. The van der Waals surface area contributed by atoms with Crippen molar-refractivity contribution in [3.8, 4) is 0 Å². The van der Waals surface area contributed by atoms with Crippen molar-refractivity contribution < 1.29 is 21.9 Å². The normalized spacial score (nSPS) is 14.2. The Kier molecular flexibility index (Phi) is 16.1. The van der Waals surface area contributed by atoms with E-state index < -0.39 is 9.71 Å². The van der Waals surface area contributed by atoms with Gasteiger partial charge in [-0.1, -0.05) is 125 Å². The number of hydrogen-bond donors (Lipinski definition) is 0. The number of allylic oxidation sites excluding steroid dienone is 4. The topological polar surface area (TPSA) is 110 Å². The zero-order valence-electron chi connectivity index (χ0n) is 29.1. The predicted molar refractivity (Wildman–Crippen MR) is 197 cm³/mol. The first-order valence-electron chi connectivity index (χ1n) is 16.6. The zero-order chi connectivity index (χ0) is 35.1. The van der Waals surface area contributed by atoms with Crippen molar-refractivity contribution in [3.63, 3.8) is 0 Å². The van der Waals surface area contributed by atoms with Crippen molar-refractivity contribution in [2.45, 2.75) is 116 Å². The van der Waals surface area contributed by atoms with Crippen LogP contribution in [0.5, 0.6) is 0 Å². The van der Waals surface area contributed by atoms with Gasteiger partial charge in [0, 0.05) is 5.41 Å². The fraction of sp³-hybridized carbons (Fsp3) is 0.486. The molecule has 0 fully saturated rings. The summed E-state index contributed by atoms with van der Waals surface area (Å²) in [6.07, 6.45) is 6.70. The molecule has 5 heterocycles. The molecule has 0 atom stereocenters. The van der Waals surface area contributed by atoms with Crippen molar-refractivity contribution in [2.24, 2.45) is 0 Å². The van der Waals surface area contributed by atoms with Gasteiger partial charge in [0.05, 0.1) is 22.8 Å². The Labute approximate surface area is 310 Å². The van der Waals surface area contributed by atoms with Gasteiger partial charge in [-0.3, -0.25) is 4.79 Å². The van der Waals surface area contributed by atoms with Gasteiger partial charge in [-0.25, -0.2) is 9.97 Å². The van der Waals surface area contributed by atoms with E-state index in [1.807, 2.05) is 6.07 Å². The summed E-state index contributed by atoms with van der Waals surface area (Å²) in [5, 5.41) is 0. The van der Waals surface area contributed by atoms with Crippen molar-refractivity contribution in [1.29, 1.82) is 0 Å². The molecule has 1 radical (unpaired) electrons. The quantitative estimate of drug-likeness (QED) is 0.196. The molecule has 0 saturated carbocycles. The minimum absolute atomic E-state index is 0. The second kappa shape index (κ2) is 18.5. The van der Waals surface area contributed by atoms with Crippen molar-refractivity contribution in [2.75, 3.05) is 0 Å². The summed E-state index contributed by atoms with van der Waals surface area (Å²) in [4.78, 5) is 41.9. The van der Waals surface area contributed by atoms with Gasteiger partial charge in [-0.05, 0) is 79.7 Å². The van der Waals surface area contributed by atoms with Crippen LogP contribution in [0, 0.1) is 4.91 Å². The molecule has 8 bridgehead atoms. The number of carbonyl (C=O) groups is 1. The van der Waals surface area contributed by atoms with E-state index in [0.717, 1.165) is 78.0 Å². The monoisotopic (exact) mass is 752 g/mol. The van der Waals surface area contributed by atoms with Crippen LogP contribution >= 0.6 is 34.8 Å². The first-order chi connectivity index (χ1) is 22.6. The van der Waals surface area contributed by atoms with Gasteiger partial charge in [0.2, 0.25) is 0 Å². The number of nitrogens with zero attached hydrogens (tertiary/aromatic N) is 5. The van der Waals surface area contributed by atoms with Crippen molar-refractivity contribution >= 4 is 73.9 Å². The molecule has 7 nitrogen and oxygen atoms in total. The van der Waals surface area contributed by atoms with Gasteiger partial charge < -0.3 is 9.97 Å². The SMILES string of the molecule is CCC1=C(CC)c2cc3[n-]c(cc4nc(cc5[n-]c(cc1n2)C(=O)C5(CC)CC)C(CC)=C4CC)c(CC)c3CC.ClC(Cl)Cl.[Fe+2].[N]=O. The number of carbonyl (C=O) groups excluding carboxylic acids is 1. The van der Waals surface area contributed by atoms with E-state index in [1.54, 1.807) is 0 Å². The van der Waals surface area contributed by atoms with Crippen LogP contribution in [0.15, 0.2) is 24.3 Å². The van der Waals surface area contributed by atoms with Gasteiger partial charge in [-0.2, -0.15) is 0 Å². The molecule has 0 aromatic carbocycles. The number of Topliss-reactive ketones (excluding diaryl/α,β-unsaturated/α-hetero) is 1. The van der Waals surface area contributed by atoms with Gasteiger partial charge in [-0.15, -0.1) is 21.6 Å². The van der Waals surface area contributed by atoms with Gasteiger partial charge in [0.15, 0.2) is 4.30 Å². The Morgan fingerprint density at radius 2 is 0.979 bits per heavy atom. The molecule has 2 aromatic rings. The summed E-state index contributed by atoms with van der Waals surface area (Å²) in [5.41, 5.74) is 19.7. The van der Waals surface area contributed by atoms with Crippen LogP contribution in [-0.2, 0) is 35.3 Å². The summed E-state index contributed by atoms with van der Waals surface area (Å²) in [7, 11) is 0. The molecule has 259 valence electrons. The molecular formula is C37H45Cl3FeN5O2. The number of rotatable bonds is 8. The average Bonchev–Trinajstić information content (AvgIpc) is 3.76. The summed E-state index contributed by atoms with van der Waals surface area (Å²) in [6.45, 7) is 17.4. The fourth-order valence-corrected chi connectivity index (χ4v) is 7.17. The number of hydrogen-bond acceptors (Lipinski definition) is 4. The largest absolute Gasteiger partial charge is 2.00 e. The fourth-order valence-electron chi connectivity index (χ4n) is 7.17. The molecule has 2 aromatic heterocycles. The molecule has 5 rings (SSSR count). The number of alkyl halides is 3. The van der Waals surface area contributed by atoms with E-state index >= 15 is 0 Å². The van der Waals surface area contributed by atoms with Crippen LogP contribution in [0.25, 0.3) is 33.3 Å². The van der Waals surface area contributed by atoms with Crippen molar-refractivity contribution in [3.05, 3.63) is 74.5 Å². The Morgan fingerprint density at radius 1 is 0.625 bits per heavy atom. The molecule has 0 spiro atoms. The van der Waals surface area contributed by atoms with Crippen LogP contribution in [0.3, 0.4) is 0 Å². The Balaban J connectivity index is 0.00000106. The molecular weight excluding hydrogens is 709 g/mol. The molecule has 0 amide bonds. The molecule has 3 aliphatic heterocycles. The summed E-state index contributed by atoms with van der Waals surface area (Å²) in [6, 6.07) is 8.41. The average molecular weight is 754 g/mol. The first kappa shape index (κ1) is 41.7. The third-order valence-corrected chi connectivity index (χ3v) is 9.49. The number of ketones is 1.